The number of benzene rings is 1. The Morgan fingerprint density at radius 1 is 1.23 bits per heavy atom. The molecule has 136 valence electrons. The van der Waals surface area contributed by atoms with Crippen LogP contribution in [0.2, 0.25) is 0 Å². The minimum Gasteiger partial charge on any atom is -0.389 e. The van der Waals surface area contributed by atoms with Gasteiger partial charge in [-0.25, -0.2) is 0 Å². The van der Waals surface area contributed by atoms with Gasteiger partial charge in [0.25, 0.3) is 0 Å². The standard InChI is InChI=1S/C22H24O4/c1-5-6-15(23)22-8-7-14(26-22)17-19(22)21(25)18(20(17)24)16-12(3)9-11(2)10-13(16)4/h5,7-10,14-15,17-19,23H,1,6H2,2-4H3/t14-,15?,17-,18?,19+,22-/m0/s1. The van der Waals surface area contributed by atoms with E-state index in [-0.39, 0.29) is 11.6 Å². The highest BCUT2D eigenvalue weighted by atomic mass is 16.5. The number of aliphatic hydroxyl groups excluding tert-OH is 1. The summed E-state index contributed by atoms with van der Waals surface area (Å²) in [6, 6.07) is 4.03. The predicted molar refractivity (Wildman–Crippen MR) is 98.0 cm³/mol. The molecule has 0 radical (unpaired) electrons. The van der Waals surface area contributed by atoms with Gasteiger partial charge in [0.05, 0.1) is 24.0 Å². The fourth-order valence-corrected chi connectivity index (χ4v) is 5.31. The number of hydrogen-bond donors (Lipinski definition) is 1. The number of carbonyl (C=O) groups excluding carboxylic acids is 2. The molecular formula is C22H24O4. The Morgan fingerprint density at radius 2 is 1.88 bits per heavy atom. The molecule has 4 rings (SSSR count). The number of aryl methyl sites for hydroxylation is 3. The molecule has 1 aromatic rings. The molecule has 4 nitrogen and oxygen atoms in total. The summed E-state index contributed by atoms with van der Waals surface area (Å²) in [5.74, 6) is -2.07. The molecule has 0 aromatic heterocycles. The summed E-state index contributed by atoms with van der Waals surface area (Å²) in [7, 11) is 0. The van der Waals surface area contributed by atoms with Crippen LogP contribution >= 0.6 is 0 Å². The number of fused-ring (bicyclic) bond motifs is 5. The topological polar surface area (TPSA) is 63.6 Å². The van der Waals surface area contributed by atoms with E-state index in [0.29, 0.717) is 6.42 Å². The summed E-state index contributed by atoms with van der Waals surface area (Å²) in [6.45, 7) is 9.59. The van der Waals surface area contributed by atoms with Gasteiger partial charge in [-0.1, -0.05) is 35.9 Å². The lowest BCUT2D eigenvalue weighted by Gasteiger charge is -2.33. The van der Waals surface area contributed by atoms with Gasteiger partial charge in [0.1, 0.15) is 11.5 Å². The molecule has 4 heteroatoms. The van der Waals surface area contributed by atoms with Crippen molar-refractivity contribution in [3.63, 3.8) is 0 Å². The lowest BCUT2D eigenvalue weighted by molar-refractivity contribution is -0.134. The van der Waals surface area contributed by atoms with Crippen molar-refractivity contribution in [3.8, 4) is 0 Å². The molecule has 2 fully saturated rings. The van der Waals surface area contributed by atoms with E-state index in [1.807, 2.05) is 39.0 Å². The maximum absolute atomic E-state index is 13.4. The first-order valence-corrected chi connectivity index (χ1v) is 9.13. The Kier molecular flexibility index (Phi) is 3.83. The summed E-state index contributed by atoms with van der Waals surface area (Å²) in [5, 5.41) is 10.7. The highest BCUT2D eigenvalue weighted by Crippen LogP contribution is 2.57. The van der Waals surface area contributed by atoms with Crippen LogP contribution in [0.25, 0.3) is 0 Å². The highest BCUT2D eigenvalue weighted by Gasteiger charge is 2.69. The summed E-state index contributed by atoms with van der Waals surface area (Å²) in [4.78, 5) is 26.7. The molecule has 2 bridgehead atoms. The van der Waals surface area contributed by atoms with E-state index in [0.717, 1.165) is 22.3 Å². The second-order valence-electron chi connectivity index (χ2n) is 7.89. The fraction of sp³-hybridized carbons (Fsp3) is 0.455. The van der Waals surface area contributed by atoms with Gasteiger partial charge in [-0.15, -0.1) is 6.58 Å². The first-order chi connectivity index (χ1) is 12.3. The van der Waals surface area contributed by atoms with Crippen LogP contribution in [0.4, 0.5) is 0 Å². The lowest BCUT2D eigenvalue weighted by atomic mass is 9.73. The molecule has 3 aliphatic rings. The zero-order valence-electron chi connectivity index (χ0n) is 15.4. The van der Waals surface area contributed by atoms with Crippen molar-refractivity contribution in [1.82, 2.24) is 0 Å². The number of aliphatic hydroxyl groups is 1. The van der Waals surface area contributed by atoms with Crippen molar-refractivity contribution in [2.45, 2.75) is 50.9 Å². The highest BCUT2D eigenvalue weighted by molar-refractivity contribution is 6.17. The molecule has 0 amide bonds. The lowest BCUT2D eigenvalue weighted by Crippen LogP contribution is -2.48. The monoisotopic (exact) mass is 352 g/mol. The first-order valence-electron chi connectivity index (χ1n) is 9.13. The van der Waals surface area contributed by atoms with Crippen LogP contribution in [0.1, 0.15) is 34.6 Å². The van der Waals surface area contributed by atoms with Gasteiger partial charge >= 0.3 is 0 Å². The number of rotatable bonds is 4. The average molecular weight is 352 g/mol. The quantitative estimate of drug-likeness (QED) is 0.668. The molecule has 0 spiro atoms. The molecule has 26 heavy (non-hydrogen) atoms. The molecular weight excluding hydrogens is 328 g/mol. The molecule has 2 aliphatic heterocycles. The van der Waals surface area contributed by atoms with Crippen molar-refractivity contribution in [2.75, 3.05) is 0 Å². The number of ether oxygens (including phenoxy) is 1. The van der Waals surface area contributed by atoms with E-state index in [1.165, 1.54) is 0 Å². The second-order valence-corrected chi connectivity index (χ2v) is 7.89. The molecule has 1 aromatic carbocycles. The van der Waals surface area contributed by atoms with Crippen molar-refractivity contribution >= 4 is 11.6 Å². The summed E-state index contributed by atoms with van der Waals surface area (Å²) < 4.78 is 6.00. The van der Waals surface area contributed by atoms with Gasteiger partial charge in [-0.3, -0.25) is 9.59 Å². The summed E-state index contributed by atoms with van der Waals surface area (Å²) >= 11 is 0. The maximum Gasteiger partial charge on any atom is 0.155 e. The summed E-state index contributed by atoms with van der Waals surface area (Å²) in [6.07, 6.45) is 4.24. The maximum atomic E-state index is 13.4. The minimum atomic E-state index is -1.10. The van der Waals surface area contributed by atoms with E-state index >= 15 is 0 Å². The van der Waals surface area contributed by atoms with Crippen molar-refractivity contribution in [2.24, 2.45) is 11.8 Å². The summed E-state index contributed by atoms with van der Waals surface area (Å²) in [5.41, 5.74) is 2.78. The zero-order valence-corrected chi connectivity index (χ0v) is 15.4. The van der Waals surface area contributed by atoms with Gasteiger partial charge in [-0.2, -0.15) is 0 Å². The van der Waals surface area contributed by atoms with E-state index in [1.54, 1.807) is 12.2 Å². The van der Waals surface area contributed by atoms with Crippen LogP contribution in [0, 0.1) is 32.6 Å². The Morgan fingerprint density at radius 3 is 2.50 bits per heavy atom. The third-order valence-electron chi connectivity index (χ3n) is 6.23. The van der Waals surface area contributed by atoms with Crippen molar-refractivity contribution in [3.05, 3.63) is 59.2 Å². The van der Waals surface area contributed by atoms with Crippen LogP contribution in [-0.4, -0.2) is 34.5 Å². The van der Waals surface area contributed by atoms with E-state index in [4.69, 9.17) is 4.74 Å². The zero-order chi connectivity index (χ0) is 18.8. The van der Waals surface area contributed by atoms with E-state index in [2.05, 4.69) is 6.58 Å². The Hall–Kier alpha value is -2.04. The molecule has 1 saturated heterocycles. The van der Waals surface area contributed by atoms with Crippen molar-refractivity contribution < 1.29 is 19.4 Å². The Bertz CT molecular complexity index is 829. The largest absolute Gasteiger partial charge is 0.389 e. The SMILES string of the molecule is C=CCC(O)[C@]12C=C[C@H](O1)[C@@H]1C(=O)C(c3c(C)cc(C)cc3C)C(=O)[C@@H]12. The van der Waals surface area contributed by atoms with Crippen LogP contribution in [0.3, 0.4) is 0 Å². The molecule has 1 N–H and O–H groups in total. The Labute approximate surface area is 153 Å². The van der Waals surface area contributed by atoms with Gasteiger partial charge in [0.15, 0.2) is 11.6 Å². The normalized spacial score (nSPS) is 35.8. The van der Waals surface area contributed by atoms with Crippen LogP contribution in [0.5, 0.6) is 0 Å². The number of carbonyl (C=O) groups is 2. The fourth-order valence-electron chi connectivity index (χ4n) is 5.31. The van der Waals surface area contributed by atoms with Crippen molar-refractivity contribution in [1.29, 1.82) is 0 Å². The van der Waals surface area contributed by atoms with E-state index < -0.39 is 35.6 Å². The molecule has 1 saturated carbocycles. The van der Waals surface area contributed by atoms with Gasteiger partial charge < -0.3 is 9.84 Å². The molecule has 1 aliphatic carbocycles. The molecule has 2 unspecified atom stereocenters. The average Bonchev–Trinajstić information content (AvgIpc) is 3.21. The smallest absolute Gasteiger partial charge is 0.155 e. The molecule has 2 heterocycles. The van der Waals surface area contributed by atoms with Gasteiger partial charge in [0.2, 0.25) is 0 Å². The van der Waals surface area contributed by atoms with Crippen LogP contribution < -0.4 is 0 Å². The number of Topliss-reactive ketones (excluding diaryl/α,β-unsaturated/α-hetero) is 2. The van der Waals surface area contributed by atoms with Gasteiger partial charge in [-0.05, 0) is 43.9 Å². The van der Waals surface area contributed by atoms with Gasteiger partial charge in [0, 0.05) is 0 Å². The van der Waals surface area contributed by atoms with Crippen LogP contribution in [-0.2, 0) is 14.3 Å². The Balaban J connectivity index is 1.80. The third-order valence-corrected chi connectivity index (χ3v) is 6.23. The minimum absolute atomic E-state index is 0.0721. The number of hydrogen-bond acceptors (Lipinski definition) is 4. The predicted octanol–water partition coefficient (Wildman–Crippen LogP) is 2.72. The van der Waals surface area contributed by atoms with Crippen LogP contribution in [0.15, 0.2) is 36.9 Å². The third kappa shape index (κ3) is 2.09. The molecule has 6 atom stereocenters. The number of ketones is 2. The van der Waals surface area contributed by atoms with E-state index in [9.17, 15) is 14.7 Å². The second kappa shape index (κ2) is 5.73. The first kappa shape index (κ1) is 17.4.